The number of rotatable bonds is 6. The quantitative estimate of drug-likeness (QED) is 0.796. The molecule has 0 amide bonds. The van der Waals surface area contributed by atoms with E-state index in [1.54, 1.807) is 0 Å². The highest BCUT2D eigenvalue weighted by Crippen LogP contribution is 2.15. The molecule has 3 rings (SSSR count). The third-order valence-corrected chi connectivity index (χ3v) is 4.16. The Labute approximate surface area is 132 Å². The maximum absolute atomic E-state index is 4.24. The molecule has 22 heavy (non-hydrogen) atoms. The molecule has 0 radical (unpaired) electrons. The molecule has 2 aromatic rings. The van der Waals surface area contributed by atoms with Crippen LogP contribution in [0.5, 0.6) is 0 Å². The van der Waals surface area contributed by atoms with E-state index in [0.29, 0.717) is 0 Å². The van der Waals surface area contributed by atoms with E-state index in [4.69, 9.17) is 0 Å². The molecule has 0 aliphatic carbocycles. The van der Waals surface area contributed by atoms with Gasteiger partial charge in [0.15, 0.2) is 0 Å². The molecule has 1 fully saturated rings. The van der Waals surface area contributed by atoms with E-state index in [1.165, 1.54) is 5.69 Å². The lowest BCUT2D eigenvalue weighted by atomic mass is 10.2. The van der Waals surface area contributed by atoms with Crippen LogP contribution in [-0.2, 0) is 6.54 Å². The van der Waals surface area contributed by atoms with Crippen molar-refractivity contribution in [3.05, 3.63) is 47.8 Å². The highest BCUT2D eigenvalue weighted by molar-refractivity contribution is 5.46. The van der Waals surface area contributed by atoms with Crippen LogP contribution in [0.25, 0.3) is 0 Å². The molecule has 0 atom stereocenters. The predicted molar refractivity (Wildman–Crippen MR) is 90.1 cm³/mol. The highest BCUT2D eigenvalue weighted by Gasteiger charge is 2.16. The van der Waals surface area contributed by atoms with Gasteiger partial charge in [-0.05, 0) is 25.1 Å². The predicted octanol–water partition coefficient (Wildman–Crippen LogP) is 1.63. The fourth-order valence-corrected chi connectivity index (χ4v) is 2.89. The third-order valence-electron chi connectivity index (χ3n) is 4.16. The number of aryl methyl sites for hydroxylation is 1. The number of anilines is 1. The largest absolute Gasteiger partial charge is 0.369 e. The van der Waals surface area contributed by atoms with Crippen molar-refractivity contribution in [3.63, 3.8) is 0 Å². The minimum absolute atomic E-state index is 0.842. The molecule has 1 aliphatic rings. The summed E-state index contributed by atoms with van der Waals surface area (Å²) in [4.78, 5) is 5.00. The lowest BCUT2D eigenvalue weighted by Crippen LogP contribution is -2.48. The zero-order valence-electron chi connectivity index (χ0n) is 13.3. The first-order chi connectivity index (χ1) is 10.8. The number of aromatic nitrogens is 2. The molecule has 118 valence electrons. The van der Waals surface area contributed by atoms with Crippen LogP contribution in [0.3, 0.4) is 0 Å². The van der Waals surface area contributed by atoms with E-state index in [1.807, 2.05) is 6.92 Å². The molecule has 2 N–H and O–H groups in total. The molecular formula is C17H25N5. The number of piperazine rings is 1. The number of benzene rings is 1. The van der Waals surface area contributed by atoms with Crippen LogP contribution in [0.4, 0.5) is 5.69 Å². The molecule has 0 saturated carbocycles. The molecule has 0 unspecified atom stereocenters. The number of hydrogen-bond acceptors (Lipinski definition) is 4. The van der Waals surface area contributed by atoms with E-state index >= 15 is 0 Å². The van der Waals surface area contributed by atoms with Gasteiger partial charge >= 0.3 is 0 Å². The summed E-state index contributed by atoms with van der Waals surface area (Å²) in [5.74, 6) is 0. The van der Waals surface area contributed by atoms with Crippen molar-refractivity contribution in [2.75, 3.05) is 44.2 Å². The SMILES string of the molecule is Cc1cc(CNCCN2CCN(c3ccccc3)CC2)n[nH]1. The standard InChI is InChI=1S/C17H25N5/c1-15-13-16(20-19-15)14-18-7-8-21-9-11-22(12-10-21)17-5-3-2-4-6-17/h2-6,13,18H,7-12,14H2,1H3,(H,19,20). The van der Waals surface area contributed by atoms with Gasteiger partial charge in [0.1, 0.15) is 0 Å². The van der Waals surface area contributed by atoms with Crippen LogP contribution in [0.2, 0.25) is 0 Å². The molecule has 2 heterocycles. The summed E-state index contributed by atoms with van der Waals surface area (Å²) in [7, 11) is 0. The number of nitrogens with zero attached hydrogens (tertiary/aromatic N) is 3. The number of para-hydroxylation sites is 1. The van der Waals surface area contributed by atoms with Crippen molar-refractivity contribution in [2.45, 2.75) is 13.5 Å². The Balaban J connectivity index is 1.34. The summed E-state index contributed by atoms with van der Waals surface area (Å²) in [5, 5.41) is 10.7. The number of nitrogens with one attached hydrogen (secondary N) is 2. The van der Waals surface area contributed by atoms with Crippen LogP contribution in [0.15, 0.2) is 36.4 Å². The van der Waals surface area contributed by atoms with Crippen LogP contribution < -0.4 is 10.2 Å². The summed E-state index contributed by atoms with van der Waals surface area (Å²) < 4.78 is 0. The maximum atomic E-state index is 4.24. The van der Waals surface area contributed by atoms with Gasteiger partial charge in [-0.15, -0.1) is 0 Å². The summed E-state index contributed by atoms with van der Waals surface area (Å²) >= 11 is 0. The minimum atomic E-state index is 0.842. The second-order valence-electron chi connectivity index (χ2n) is 5.88. The van der Waals surface area contributed by atoms with E-state index in [9.17, 15) is 0 Å². The molecule has 5 nitrogen and oxygen atoms in total. The lowest BCUT2D eigenvalue weighted by Gasteiger charge is -2.36. The van der Waals surface area contributed by atoms with Gasteiger partial charge in [-0.25, -0.2) is 0 Å². The van der Waals surface area contributed by atoms with Gasteiger partial charge in [-0.3, -0.25) is 10.00 Å². The first kappa shape index (κ1) is 15.1. The molecule has 0 bridgehead atoms. The van der Waals surface area contributed by atoms with Gasteiger partial charge in [0.05, 0.1) is 5.69 Å². The van der Waals surface area contributed by atoms with Gasteiger partial charge in [0.2, 0.25) is 0 Å². The summed E-state index contributed by atoms with van der Waals surface area (Å²) in [6.07, 6.45) is 0. The van der Waals surface area contributed by atoms with Gasteiger partial charge in [-0.1, -0.05) is 18.2 Å². The molecular weight excluding hydrogens is 274 g/mol. The third kappa shape index (κ3) is 4.08. The summed E-state index contributed by atoms with van der Waals surface area (Å²) in [6.45, 7) is 9.49. The Kier molecular flexibility index (Phi) is 5.08. The van der Waals surface area contributed by atoms with Crippen molar-refractivity contribution in [1.29, 1.82) is 0 Å². The number of aromatic amines is 1. The fourth-order valence-electron chi connectivity index (χ4n) is 2.89. The second kappa shape index (κ2) is 7.42. The molecule has 1 saturated heterocycles. The van der Waals surface area contributed by atoms with Crippen molar-refractivity contribution in [3.8, 4) is 0 Å². The van der Waals surface area contributed by atoms with Crippen molar-refractivity contribution in [1.82, 2.24) is 20.4 Å². The Bertz CT molecular complexity index is 557. The van der Waals surface area contributed by atoms with E-state index < -0.39 is 0 Å². The maximum Gasteiger partial charge on any atom is 0.0762 e. The van der Waals surface area contributed by atoms with Crippen LogP contribution >= 0.6 is 0 Å². The molecule has 1 aliphatic heterocycles. The smallest absolute Gasteiger partial charge is 0.0762 e. The molecule has 0 spiro atoms. The van der Waals surface area contributed by atoms with E-state index in [2.05, 4.69) is 61.7 Å². The van der Waals surface area contributed by atoms with Crippen molar-refractivity contribution >= 4 is 5.69 Å². The highest BCUT2D eigenvalue weighted by atomic mass is 15.3. The topological polar surface area (TPSA) is 47.2 Å². The number of hydrogen-bond donors (Lipinski definition) is 2. The average molecular weight is 299 g/mol. The Morgan fingerprint density at radius 3 is 2.59 bits per heavy atom. The van der Waals surface area contributed by atoms with Crippen LogP contribution in [0, 0.1) is 6.92 Å². The molecule has 1 aromatic heterocycles. The second-order valence-corrected chi connectivity index (χ2v) is 5.88. The Hall–Kier alpha value is -1.85. The number of H-pyrrole nitrogens is 1. The van der Waals surface area contributed by atoms with Gasteiger partial charge in [0.25, 0.3) is 0 Å². The first-order valence-electron chi connectivity index (χ1n) is 8.05. The van der Waals surface area contributed by atoms with Crippen LogP contribution in [0.1, 0.15) is 11.4 Å². The zero-order valence-corrected chi connectivity index (χ0v) is 13.3. The van der Waals surface area contributed by atoms with E-state index in [0.717, 1.165) is 57.2 Å². The Morgan fingerprint density at radius 2 is 1.91 bits per heavy atom. The molecule has 5 heteroatoms. The molecule has 1 aromatic carbocycles. The lowest BCUT2D eigenvalue weighted by molar-refractivity contribution is 0.257. The minimum Gasteiger partial charge on any atom is -0.369 e. The average Bonchev–Trinajstić information content (AvgIpc) is 2.98. The van der Waals surface area contributed by atoms with Gasteiger partial charge in [0, 0.05) is 57.2 Å². The fraction of sp³-hybridized carbons (Fsp3) is 0.471. The summed E-state index contributed by atoms with van der Waals surface area (Å²) in [6, 6.07) is 12.8. The van der Waals surface area contributed by atoms with Crippen molar-refractivity contribution < 1.29 is 0 Å². The van der Waals surface area contributed by atoms with Gasteiger partial charge in [-0.2, -0.15) is 5.10 Å². The van der Waals surface area contributed by atoms with Crippen molar-refractivity contribution in [2.24, 2.45) is 0 Å². The zero-order chi connectivity index (χ0) is 15.2. The first-order valence-corrected chi connectivity index (χ1v) is 8.05. The Morgan fingerprint density at radius 1 is 1.14 bits per heavy atom. The monoisotopic (exact) mass is 299 g/mol. The normalized spacial score (nSPS) is 16.1. The van der Waals surface area contributed by atoms with Crippen LogP contribution in [-0.4, -0.2) is 54.4 Å². The summed E-state index contributed by atoms with van der Waals surface area (Å²) in [5.41, 5.74) is 3.55. The van der Waals surface area contributed by atoms with E-state index in [-0.39, 0.29) is 0 Å². The van der Waals surface area contributed by atoms with Gasteiger partial charge < -0.3 is 10.2 Å².